The molecule has 1 aromatic rings. The van der Waals surface area contributed by atoms with Gasteiger partial charge in [-0.1, -0.05) is 27.2 Å². The normalized spacial score (nSPS) is 13.4. The molecule has 2 unspecified atom stereocenters. The summed E-state index contributed by atoms with van der Waals surface area (Å²) in [6.07, 6.45) is 2.87. The fourth-order valence-corrected chi connectivity index (χ4v) is 3.81. The third kappa shape index (κ3) is 7.22. The quantitative estimate of drug-likeness (QED) is 0.486. The van der Waals surface area contributed by atoms with Gasteiger partial charge in [0.05, 0.1) is 6.61 Å². The largest absolute Gasteiger partial charge is 0.461 e. The first-order valence-corrected chi connectivity index (χ1v) is 10.7. The van der Waals surface area contributed by atoms with Crippen LogP contribution in [0.15, 0.2) is 5.38 Å². The first kappa shape index (κ1) is 23.6. The van der Waals surface area contributed by atoms with Gasteiger partial charge in [0, 0.05) is 37.9 Å². The number of carbonyl (C=O) groups excluding carboxylic acids is 2. The molecule has 0 fully saturated rings. The SMILES string of the molecule is CCCCC(=O)N(C)C(CC(OCC)c1nc(C(=O)OCC)cs1)C(C)C. The van der Waals surface area contributed by atoms with E-state index >= 15 is 0 Å². The molecule has 0 saturated carbocycles. The Labute approximate surface area is 167 Å². The molecule has 7 heteroatoms. The molecule has 0 aliphatic carbocycles. The van der Waals surface area contributed by atoms with Crippen molar-refractivity contribution in [2.24, 2.45) is 5.92 Å². The summed E-state index contributed by atoms with van der Waals surface area (Å²) < 4.78 is 10.9. The van der Waals surface area contributed by atoms with Crippen molar-refractivity contribution in [3.63, 3.8) is 0 Å². The minimum Gasteiger partial charge on any atom is -0.461 e. The van der Waals surface area contributed by atoms with Crippen molar-refractivity contribution in [2.45, 2.75) is 72.4 Å². The van der Waals surface area contributed by atoms with E-state index in [-0.39, 0.29) is 24.0 Å². The molecule has 0 aromatic carbocycles. The van der Waals surface area contributed by atoms with Gasteiger partial charge >= 0.3 is 5.97 Å². The third-order valence-corrected chi connectivity index (χ3v) is 5.45. The molecule has 27 heavy (non-hydrogen) atoms. The average Bonchev–Trinajstić information content (AvgIpc) is 3.12. The van der Waals surface area contributed by atoms with Gasteiger partial charge in [0.25, 0.3) is 0 Å². The number of hydrogen-bond donors (Lipinski definition) is 0. The molecule has 0 spiro atoms. The van der Waals surface area contributed by atoms with E-state index in [1.165, 1.54) is 11.3 Å². The third-order valence-electron chi connectivity index (χ3n) is 4.51. The Hall–Kier alpha value is -1.47. The highest BCUT2D eigenvalue weighted by Gasteiger charge is 2.29. The first-order valence-electron chi connectivity index (χ1n) is 9.85. The number of nitrogens with zero attached hydrogens (tertiary/aromatic N) is 2. The highest BCUT2D eigenvalue weighted by atomic mass is 32.1. The van der Waals surface area contributed by atoms with Crippen LogP contribution in [0.4, 0.5) is 0 Å². The minimum absolute atomic E-state index is 0.0425. The van der Waals surface area contributed by atoms with Crippen LogP contribution in [0, 0.1) is 5.92 Å². The number of unbranched alkanes of at least 4 members (excludes halogenated alkanes) is 1. The maximum absolute atomic E-state index is 12.5. The molecular weight excluding hydrogens is 364 g/mol. The topological polar surface area (TPSA) is 68.7 Å². The maximum atomic E-state index is 12.5. The fraction of sp³-hybridized carbons (Fsp3) is 0.750. The van der Waals surface area contributed by atoms with Crippen LogP contribution >= 0.6 is 11.3 Å². The summed E-state index contributed by atoms with van der Waals surface area (Å²) in [6, 6.07) is 0.0425. The van der Waals surface area contributed by atoms with E-state index < -0.39 is 5.97 Å². The number of ether oxygens (including phenoxy) is 2. The maximum Gasteiger partial charge on any atom is 0.357 e. The molecule has 1 heterocycles. The number of rotatable bonds is 12. The summed E-state index contributed by atoms with van der Waals surface area (Å²) in [7, 11) is 1.87. The van der Waals surface area contributed by atoms with Crippen LogP contribution in [0.2, 0.25) is 0 Å². The zero-order valence-corrected chi connectivity index (χ0v) is 18.3. The molecule has 154 valence electrons. The predicted molar refractivity (Wildman–Crippen MR) is 108 cm³/mol. The number of esters is 1. The van der Waals surface area contributed by atoms with Crippen LogP contribution in [0.5, 0.6) is 0 Å². The van der Waals surface area contributed by atoms with Crippen LogP contribution in [-0.4, -0.2) is 48.1 Å². The fourth-order valence-electron chi connectivity index (χ4n) is 2.96. The first-order chi connectivity index (χ1) is 12.8. The van der Waals surface area contributed by atoms with E-state index in [1.807, 2.05) is 18.9 Å². The lowest BCUT2D eigenvalue weighted by Gasteiger charge is -2.33. The predicted octanol–water partition coefficient (Wildman–Crippen LogP) is 4.46. The monoisotopic (exact) mass is 398 g/mol. The van der Waals surface area contributed by atoms with E-state index in [1.54, 1.807) is 12.3 Å². The van der Waals surface area contributed by atoms with Crippen molar-refractivity contribution in [3.8, 4) is 0 Å². The second-order valence-electron chi connectivity index (χ2n) is 6.89. The van der Waals surface area contributed by atoms with E-state index in [9.17, 15) is 9.59 Å². The standard InChI is InChI=1S/C20H34N2O4S/c1-7-10-11-18(23)22(6)16(14(4)5)12-17(25-8-2)19-21-15(13-27-19)20(24)26-9-3/h13-14,16-17H,7-12H2,1-6H3. The van der Waals surface area contributed by atoms with Gasteiger partial charge in [-0.15, -0.1) is 11.3 Å². The van der Waals surface area contributed by atoms with E-state index in [0.717, 1.165) is 17.8 Å². The molecule has 1 aromatic heterocycles. The van der Waals surface area contributed by atoms with Gasteiger partial charge in [0.2, 0.25) is 5.91 Å². The number of thiazole rings is 1. The summed E-state index contributed by atoms with van der Waals surface area (Å²) in [5, 5.41) is 2.46. The highest BCUT2D eigenvalue weighted by molar-refractivity contribution is 7.09. The summed E-state index contributed by atoms with van der Waals surface area (Å²) in [5.74, 6) is 0.0349. The molecule has 0 radical (unpaired) electrons. The van der Waals surface area contributed by atoms with E-state index in [2.05, 4.69) is 25.8 Å². The van der Waals surface area contributed by atoms with Gasteiger partial charge < -0.3 is 14.4 Å². The smallest absolute Gasteiger partial charge is 0.357 e. The van der Waals surface area contributed by atoms with Crippen LogP contribution in [-0.2, 0) is 14.3 Å². The number of carbonyl (C=O) groups is 2. The molecule has 0 N–H and O–H groups in total. The van der Waals surface area contributed by atoms with Gasteiger partial charge in [-0.25, -0.2) is 9.78 Å². The molecule has 0 aliphatic rings. The summed E-state index contributed by atoms with van der Waals surface area (Å²) in [4.78, 5) is 30.7. The zero-order valence-electron chi connectivity index (χ0n) is 17.5. The van der Waals surface area contributed by atoms with Crippen molar-refractivity contribution in [3.05, 3.63) is 16.1 Å². The van der Waals surface area contributed by atoms with Crippen LogP contribution in [0.25, 0.3) is 0 Å². The summed E-state index contributed by atoms with van der Waals surface area (Å²) in [5.41, 5.74) is 0.315. The van der Waals surface area contributed by atoms with Crippen molar-refractivity contribution in [1.82, 2.24) is 9.88 Å². The molecule has 1 rings (SSSR count). The Morgan fingerprint density at radius 3 is 2.48 bits per heavy atom. The Kier molecular flexibility index (Phi) is 10.5. The van der Waals surface area contributed by atoms with Crippen LogP contribution < -0.4 is 0 Å². The van der Waals surface area contributed by atoms with Gasteiger partial charge in [-0.05, 0) is 26.2 Å². The Bertz CT molecular complexity index is 588. The number of amides is 1. The lowest BCUT2D eigenvalue weighted by Crippen LogP contribution is -2.41. The molecule has 0 saturated heterocycles. The van der Waals surface area contributed by atoms with E-state index in [4.69, 9.17) is 9.47 Å². The minimum atomic E-state index is -0.414. The second kappa shape index (κ2) is 12.1. The average molecular weight is 399 g/mol. The van der Waals surface area contributed by atoms with Crippen LogP contribution in [0.3, 0.4) is 0 Å². The lowest BCUT2D eigenvalue weighted by molar-refractivity contribution is -0.133. The van der Waals surface area contributed by atoms with Gasteiger partial charge in [0.15, 0.2) is 5.69 Å². The van der Waals surface area contributed by atoms with E-state index in [0.29, 0.717) is 31.7 Å². The van der Waals surface area contributed by atoms with Crippen molar-refractivity contribution < 1.29 is 19.1 Å². The van der Waals surface area contributed by atoms with Crippen molar-refractivity contribution >= 4 is 23.2 Å². The Morgan fingerprint density at radius 1 is 1.22 bits per heavy atom. The lowest BCUT2D eigenvalue weighted by atomic mass is 9.96. The van der Waals surface area contributed by atoms with Crippen LogP contribution in [0.1, 0.15) is 81.9 Å². The molecule has 0 aliphatic heterocycles. The molecule has 2 atom stereocenters. The van der Waals surface area contributed by atoms with Crippen molar-refractivity contribution in [2.75, 3.05) is 20.3 Å². The highest BCUT2D eigenvalue weighted by Crippen LogP contribution is 2.30. The zero-order chi connectivity index (χ0) is 20.4. The van der Waals surface area contributed by atoms with Crippen molar-refractivity contribution in [1.29, 1.82) is 0 Å². The summed E-state index contributed by atoms with van der Waals surface area (Å²) >= 11 is 1.40. The number of hydrogen-bond acceptors (Lipinski definition) is 6. The molecule has 6 nitrogen and oxygen atoms in total. The molecule has 1 amide bonds. The van der Waals surface area contributed by atoms with Gasteiger partial charge in [-0.3, -0.25) is 4.79 Å². The second-order valence-corrected chi connectivity index (χ2v) is 7.78. The Balaban J connectivity index is 2.94. The van der Waals surface area contributed by atoms with Gasteiger partial charge in [0.1, 0.15) is 11.1 Å². The molecular formula is C20H34N2O4S. The number of aromatic nitrogens is 1. The van der Waals surface area contributed by atoms with Gasteiger partial charge in [-0.2, -0.15) is 0 Å². The summed E-state index contributed by atoms with van der Waals surface area (Å²) in [6.45, 7) is 10.9. The molecule has 0 bridgehead atoms. The Morgan fingerprint density at radius 2 is 1.93 bits per heavy atom.